The van der Waals surface area contributed by atoms with Crippen LogP contribution >= 0.6 is 11.3 Å². The summed E-state index contributed by atoms with van der Waals surface area (Å²) in [7, 11) is 0. The molecule has 0 fully saturated rings. The van der Waals surface area contributed by atoms with Crippen molar-refractivity contribution in [3.05, 3.63) is 59.7 Å². The summed E-state index contributed by atoms with van der Waals surface area (Å²) in [5, 5.41) is 11.1. The van der Waals surface area contributed by atoms with E-state index < -0.39 is 0 Å². The summed E-state index contributed by atoms with van der Waals surface area (Å²) in [5.41, 5.74) is 1.65. The van der Waals surface area contributed by atoms with Crippen molar-refractivity contribution in [2.45, 2.75) is 6.54 Å². The topological polar surface area (TPSA) is 83.1 Å². The lowest BCUT2D eigenvalue weighted by molar-refractivity contribution is -0.115. The molecule has 0 aliphatic carbocycles. The van der Waals surface area contributed by atoms with E-state index in [2.05, 4.69) is 20.9 Å². The fourth-order valence-electron chi connectivity index (χ4n) is 2.21. The lowest BCUT2D eigenvalue weighted by Gasteiger charge is -2.08. The Labute approximate surface area is 142 Å². The molecule has 7 heteroatoms. The minimum Gasteiger partial charge on any atom is -0.334 e. The summed E-state index contributed by atoms with van der Waals surface area (Å²) in [6.45, 7) is 0.311. The van der Waals surface area contributed by atoms with Crippen LogP contribution in [0.3, 0.4) is 0 Å². The number of thiophene rings is 1. The van der Waals surface area contributed by atoms with Crippen molar-refractivity contribution in [1.82, 2.24) is 15.6 Å². The van der Waals surface area contributed by atoms with E-state index in [0.29, 0.717) is 12.2 Å². The van der Waals surface area contributed by atoms with Gasteiger partial charge in [-0.2, -0.15) is 0 Å². The van der Waals surface area contributed by atoms with Crippen molar-refractivity contribution in [3.63, 3.8) is 0 Å². The van der Waals surface area contributed by atoms with Crippen LogP contribution in [0.15, 0.2) is 54.2 Å². The zero-order valence-corrected chi connectivity index (χ0v) is 13.6. The predicted molar refractivity (Wildman–Crippen MR) is 94.9 cm³/mol. The molecule has 3 N–H and O–H groups in total. The molecule has 2 aromatic heterocycles. The average Bonchev–Trinajstić information content (AvgIpc) is 3.02. The van der Waals surface area contributed by atoms with Crippen molar-refractivity contribution in [1.29, 1.82) is 0 Å². The van der Waals surface area contributed by atoms with Crippen LogP contribution in [0.1, 0.15) is 5.56 Å². The Bertz CT molecular complexity index is 848. The van der Waals surface area contributed by atoms with Gasteiger partial charge in [-0.25, -0.2) is 4.79 Å². The van der Waals surface area contributed by atoms with Crippen LogP contribution in [-0.2, 0) is 11.3 Å². The molecule has 0 spiro atoms. The molecule has 0 saturated heterocycles. The predicted octanol–water partition coefficient (Wildman–Crippen LogP) is 2.73. The summed E-state index contributed by atoms with van der Waals surface area (Å²) in [6, 6.07) is 11.1. The van der Waals surface area contributed by atoms with Crippen LogP contribution in [0, 0.1) is 0 Å². The zero-order chi connectivity index (χ0) is 16.8. The lowest BCUT2D eigenvalue weighted by atomic mass is 10.2. The third-order valence-electron chi connectivity index (χ3n) is 3.36. The maximum absolute atomic E-state index is 11.8. The van der Waals surface area contributed by atoms with Crippen molar-refractivity contribution in [2.24, 2.45) is 0 Å². The van der Waals surface area contributed by atoms with Crippen LogP contribution < -0.4 is 16.0 Å². The normalized spacial score (nSPS) is 10.3. The number of hydrogen-bond acceptors (Lipinski definition) is 4. The van der Waals surface area contributed by atoms with E-state index in [4.69, 9.17) is 0 Å². The number of aromatic nitrogens is 1. The number of anilines is 1. The van der Waals surface area contributed by atoms with E-state index in [1.807, 2.05) is 29.6 Å². The monoisotopic (exact) mass is 340 g/mol. The standard InChI is InChI=1S/C17H16N4O2S/c22-16(21-13-4-3-7-18-9-13)10-20-17(23)19-8-12-11-24-15-6-2-1-5-14(12)15/h1-7,9,11H,8,10H2,(H,21,22)(H2,19,20,23). The number of carbonyl (C=O) groups excluding carboxylic acids is 2. The molecule has 6 nitrogen and oxygen atoms in total. The molecule has 0 radical (unpaired) electrons. The maximum Gasteiger partial charge on any atom is 0.315 e. The van der Waals surface area contributed by atoms with E-state index in [-0.39, 0.29) is 18.5 Å². The van der Waals surface area contributed by atoms with Crippen molar-refractivity contribution < 1.29 is 9.59 Å². The van der Waals surface area contributed by atoms with Crippen LogP contribution in [0.2, 0.25) is 0 Å². The molecule has 3 rings (SSSR count). The molecule has 3 amide bonds. The van der Waals surface area contributed by atoms with Gasteiger partial charge < -0.3 is 16.0 Å². The fourth-order valence-corrected chi connectivity index (χ4v) is 3.17. The number of benzene rings is 1. The van der Waals surface area contributed by atoms with E-state index in [1.165, 1.54) is 4.70 Å². The maximum atomic E-state index is 11.8. The molecule has 24 heavy (non-hydrogen) atoms. The minimum absolute atomic E-state index is 0.106. The number of urea groups is 1. The molecule has 0 aliphatic heterocycles. The molecule has 3 aromatic rings. The first-order valence-electron chi connectivity index (χ1n) is 7.39. The van der Waals surface area contributed by atoms with Gasteiger partial charge in [0.1, 0.15) is 0 Å². The number of amides is 3. The van der Waals surface area contributed by atoms with Crippen LogP contribution in [0.5, 0.6) is 0 Å². The largest absolute Gasteiger partial charge is 0.334 e. The van der Waals surface area contributed by atoms with Gasteiger partial charge in [-0.15, -0.1) is 11.3 Å². The fraction of sp³-hybridized carbons (Fsp3) is 0.118. The van der Waals surface area contributed by atoms with Crippen molar-refractivity contribution >= 4 is 39.0 Å². The number of rotatable bonds is 5. The Morgan fingerprint density at radius 1 is 1.08 bits per heavy atom. The number of nitrogens with zero attached hydrogens (tertiary/aromatic N) is 1. The van der Waals surface area contributed by atoms with Gasteiger partial charge in [-0.1, -0.05) is 18.2 Å². The van der Waals surface area contributed by atoms with E-state index in [1.54, 1.807) is 35.9 Å². The number of fused-ring (bicyclic) bond motifs is 1. The summed E-state index contributed by atoms with van der Waals surface area (Å²) in [5.74, 6) is -0.306. The molecule has 0 atom stereocenters. The van der Waals surface area contributed by atoms with Gasteiger partial charge in [-0.05, 0) is 34.5 Å². The molecule has 2 heterocycles. The van der Waals surface area contributed by atoms with E-state index >= 15 is 0 Å². The number of hydrogen-bond donors (Lipinski definition) is 3. The summed E-state index contributed by atoms with van der Waals surface area (Å²) in [6.07, 6.45) is 3.16. The minimum atomic E-state index is -0.383. The second-order valence-electron chi connectivity index (χ2n) is 5.08. The second-order valence-corrected chi connectivity index (χ2v) is 5.99. The highest BCUT2D eigenvalue weighted by Crippen LogP contribution is 2.25. The van der Waals surface area contributed by atoms with Gasteiger partial charge >= 0.3 is 6.03 Å². The molecular formula is C17H16N4O2S. The van der Waals surface area contributed by atoms with Gasteiger partial charge in [0.2, 0.25) is 5.91 Å². The third kappa shape index (κ3) is 4.08. The lowest BCUT2D eigenvalue weighted by Crippen LogP contribution is -2.39. The summed E-state index contributed by atoms with van der Waals surface area (Å²) < 4.78 is 1.19. The molecule has 0 saturated carbocycles. The van der Waals surface area contributed by atoms with Crippen LogP contribution in [-0.4, -0.2) is 23.5 Å². The van der Waals surface area contributed by atoms with Gasteiger partial charge in [0.15, 0.2) is 0 Å². The molecule has 0 aliphatic rings. The Balaban J connectivity index is 1.45. The van der Waals surface area contributed by atoms with Gasteiger partial charge in [0.05, 0.1) is 18.4 Å². The molecule has 1 aromatic carbocycles. The van der Waals surface area contributed by atoms with Crippen molar-refractivity contribution in [3.8, 4) is 0 Å². The smallest absolute Gasteiger partial charge is 0.315 e. The Morgan fingerprint density at radius 3 is 2.79 bits per heavy atom. The number of nitrogens with one attached hydrogen (secondary N) is 3. The second kappa shape index (κ2) is 7.56. The van der Waals surface area contributed by atoms with E-state index in [9.17, 15) is 9.59 Å². The number of pyridine rings is 1. The van der Waals surface area contributed by atoms with Gasteiger partial charge in [0, 0.05) is 17.4 Å². The zero-order valence-electron chi connectivity index (χ0n) is 12.8. The van der Waals surface area contributed by atoms with Crippen LogP contribution in [0.4, 0.5) is 10.5 Å². The Hall–Kier alpha value is -2.93. The van der Waals surface area contributed by atoms with Crippen LogP contribution in [0.25, 0.3) is 10.1 Å². The molecular weight excluding hydrogens is 324 g/mol. The first-order valence-corrected chi connectivity index (χ1v) is 8.27. The summed E-state index contributed by atoms with van der Waals surface area (Å²) in [4.78, 5) is 27.5. The quantitative estimate of drug-likeness (QED) is 0.668. The van der Waals surface area contributed by atoms with E-state index in [0.717, 1.165) is 10.9 Å². The first kappa shape index (κ1) is 15.9. The molecule has 122 valence electrons. The SMILES string of the molecule is O=C(CNC(=O)NCc1csc2ccccc12)Nc1cccnc1. The average molecular weight is 340 g/mol. The number of carbonyl (C=O) groups is 2. The Morgan fingerprint density at radius 2 is 1.96 bits per heavy atom. The Kier molecular flexibility index (Phi) is 5.02. The summed E-state index contributed by atoms with van der Waals surface area (Å²) >= 11 is 1.64. The first-order chi connectivity index (χ1) is 11.7. The third-order valence-corrected chi connectivity index (χ3v) is 4.37. The highest BCUT2D eigenvalue weighted by atomic mass is 32.1. The molecule has 0 unspecified atom stereocenters. The van der Waals surface area contributed by atoms with Gasteiger partial charge in [0.25, 0.3) is 0 Å². The van der Waals surface area contributed by atoms with Gasteiger partial charge in [-0.3, -0.25) is 9.78 Å². The van der Waals surface area contributed by atoms with Crippen molar-refractivity contribution in [2.75, 3.05) is 11.9 Å². The molecule has 0 bridgehead atoms. The highest BCUT2D eigenvalue weighted by molar-refractivity contribution is 7.17. The highest BCUT2D eigenvalue weighted by Gasteiger charge is 2.07.